The molecule has 5 heteroatoms. The third-order valence-corrected chi connectivity index (χ3v) is 3.86. The molecular weight excluding hydrogens is 309 g/mol. The first kappa shape index (κ1) is 16.5. The molecule has 1 aliphatic heterocycles. The lowest BCUT2D eigenvalue weighted by atomic mass is 10.1. The maximum Gasteiger partial charge on any atom is 0.254 e. The minimum Gasteiger partial charge on any atom is -0.457 e. The van der Waals surface area contributed by atoms with Crippen LogP contribution in [0.4, 0.5) is 4.39 Å². The predicted octanol–water partition coefficient (Wildman–Crippen LogP) is 3.87. The standard InChI is InChI=1S/C19H20FNO3/c1-13-11-21(12-14(2)23-13)19(22)15-3-7-17(8-4-15)24-18-9-5-16(20)6-10-18/h3-10,13-14H,11-12H2,1-2H3/t13-,14-/m1/s1. The van der Waals surface area contributed by atoms with Crippen molar-refractivity contribution in [3.05, 3.63) is 59.9 Å². The van der Waals surface area contributed by atoms with E-state index < -0.39 is 0 Å². The topological polar surface area (TPSA) is 38.8 Å². The highest BCUT2D eigenvalue weighted by atomic mass is 19.1. The SMILES string of the molecule is C[C@@H]1CN(C(=O)c2ccc(Oc3ccc(F)cc3)cc2)C[C@@H](C)O1. The average molecular weight is 329 g/mol. The Bertz CT molecular complexity index is 690. The van der Waals surface area contributed by atoms with Crippen LogP contribution in [-0.2, 0) is 4.74 Å². The highest BCUT2D eigenvalue weighted by Gasteiger charge is 2.26. The molecule has 1 fully saturated rings. The van der Waals surface area contributed by atoms with Crippen LogP contribution in [0.5, 0.6) is 11.5 Å². The fourth-order valence-corrected chi connectivity index (χ4v) is 2.83. The van der Waals surface area contributed by atoms with Crippen molar-refractivity contribution in [2.24, 2.45) is 0 Å². The summed E-state index contributed by atoms with van der Waals surface area (Å²) in [5, 5.41) is 0. The fraction of sp³-hybridized carbons (Fsp3) is 0.316. The molecule has 0 bridgehead atoms. The second-order valence-corrected chi connectivity index (χ2v) is 6.05. The van der Waals surface area contributed by atoms with Crippen molar-refractivity contribution < 1.29 is 18.7 Å². The summed E-state index contributed by atoms with van der Waals surface area (Å²) >= 11 is 0. The number of benzene rings is 2. The lowest BCUT2D eigenvalue weighted by Gasteiger charge is -2.35. The summed E-state index contributed by atoms with van der Waals surface area (Å²) in [4.78, 5) is 14.4. The van der Waals surface area contributed by atoms with Gasteiger partial charge in [0.05, 0.1) is 12.2 Å². The molecule has 1 heterocycles. The van der Waals surface area contributed by atoms with Gasteiger partial charge in [0.25, 0.3) is 5.91 Å². The van der Waals surface area contributed by atoms with Gasteiger partial charge < -0.3 is 14.4 Å². The summed E-state index contributed by atoms with van der Waals surface area (Å²) in [7, 11) is 0. The maximum absolute atomic E-state index is 12.9. The number of carbonyl (C=O) groups excluding carboxylic acids is 1. The average Bonchev–Trinajstić information content (AvgIpc) is 2.56. The molecule has 2 aromatic rings. The summed E-state index contributed by atoms with van der Waals surface area (Å²) in [5.41, 5.74) is 0.614. The molecular formula is C19H20FNO3. The molecule has 24 heavy (non-hydrogen) atoms. The van der Waals surface area contributed by atoms with Gasteiger partial charge in [-0.2, -0.15) is 0 Å². The molecule has 2 aromatic carbocycles. The molecule has 126 valence electrons. The smallest absolute Gasteiger partial charge is 0.254 e. The van der Waals surface area contributed by atoms with Gasteiger partial charge in [-0.1, -0.05) is 0 Å². The zero-order valence-corrected chi connectivity index (χ0v) is 13.7. The van der Waals surface area contributed by atoms with Gasteiger partial charge in [0.15, 0.2) is 0 Å². The third kappa shape index (κ3) is 3.92. The normalized spacial score (nSPS) is 20.7. The van der Waals surface area contributed by atoms with Crippen LogP contribution in [0.25, 0.3) is 0 Å². The van der Waals surface area contributed by atoms with E-state index in [0.717, 1.165) is 0 Å². The molecule has 0 aromatic heterocycles. The molecule has 0 radical (unpaired) electrons. The van der Waals surface area contributed by atoms with Crippen molar-refractivity contribution in [2.75, 3.05) is 13.1 Å². The summed E-state index contributed by atoms with van der Waals surface area (Å²) < 4.78 is 24.2. The van der Waals surface area contributed by atoms with Gasteiger partial charge in [0.1, 0.15) is 17.3 Å². The zero-order chi connectivity index (χ0) is 17.1. The van der Waals surface area contributed by atoms with Gasteiger partial charge in [-0.3, -0.25) is 4.79 Å². The quantitative estimate of drug-likeness (QED) is 0.858. The molecule has 0 spiro atoms. The van der Waals surface area contributed by atoms with E-state index in [2.05, 4.69) is 0 Å². The number of amides is 1. The molecule has 3 rings (SSSR count). The van der Waals surface area contributed by atoms with E-state index in [4.69, 9.17) is 9.47 Å². The Morgan fingerprint density at radius 2 is 1.50 bits per heavy atom. The molecule has 4 nitrogen and oxygen atoms in total. The van der Waals surface area contributed by atoms with Crippen molar-refractivity contribution in [2.45, 2.75) is 26.1 Å². The van der Waals surface area contributed by atoms with Crippen LogP contribution in [0.2, 0.25) is 0 Å². The summed E-state index contributed by atoms with van der Waals surface area (Å²) in [5.74, 6) is 0.829. The molecule has 0 aliphatic carbocycles. The third-order valence-electron chi connectivity index (χ3n) is 3.86. The highest BCUT2D eigenvalue weighted by Crippen LogP contribution is 2.23. The van der Waals surface area contributed by atoms with E-state index >= 15 is 0 Å². The number of halogens is 1. The van der Waals surface area contributed by atoms with E-state index in [9.17, 15) is 9.18 Å². The Morgan fingerprint density at radius 3 is 2.04 bits per heavy atom. The molecule has 1 amide bonds. The second kappa shape index (κ2) is 7.01. The van der Waals surface area contributed by atoms with Crippen molar-refractivity contribution in [3.8, 4) is 11.5 Å². The lowest BCUT2D eigenvalue weighted by molar-refractivity contribution is -0.0586. The van der Waals surface area contributed by atoms with Crippen molar-refractivity contribution >= 4 is 5.91 Å². The first-order valence-corrected chi connectivity index (χ1v) is 7.99. The van der Waals surface area contributed by atoms with Gasteiger partial charge in [-0.05, 0) is 62.4 Å². The summed E-state index contributed by atoms with van der Waals surface area (Å²) in [6.45, 7) is 5.12. The molecule has 0 unspecified atom stereocenters. The van der Waals surface area contributed by atoms with Crippen LogP contribution in [0.15, 0.2) is 48.5 Å². The summed E-state index contributed by atoms with van der Waals surface area (Å²) in [6, 6.07) is 12.8. The Morgan fingerprint density at radius 1 is 1.00 bits per heavy atom. The Balaban J connectivity index is 1.67. The Kier molecular flexibility index (Phi) is 4.81. The molecule has 1 saturated heterocycles. The predicted molar refractivity (Wildman–Crippen MR) is 88.8 cm³/mol. The zero-order valence-electron chi connectivity index (χ0n) is 13.7. The van der Waals surface area contributed by atoms with Crippen LogP contribution in [-0.4, -0.2) is 36.1 Å². The highest BCUT2D eigenvalue weighted by molar-refractivity contribution is 5.94. The Hall–Kier alpha value is -2.40. The number of carbonyl (C=O) groups is 1. The number of hydrogen-bond acceptors (Lipinski definition) is 3. The van der Waals surface area contributed by atoms with Crippen LogP contribution in [0.1, 0.15) is 24.2 Å². The van der Waals surface area contributed by atoms with Crippen LogP contribution in [0, 0.1) is 5.82 Å². The van der Waals surface area contributed by atoms with Gasteiger partial charge >= 0.3 is 0 Å². The van der Waals surface area contributed by atoms with Crippen LogP contribution in [0.3, 0.4) is 0 Å². The molecule has 0 N–H and O–H groups in total. The number of rotatable bonds is 3. The van der Waals surface area contributed by atoms with Crippen LogP contribution < -0.4 is 4.74 Å². The number of morpholine rings is 1. The van der Waals surface area contributed by atoms with Gasteiger partial charge in [-0.25, -0.2) is 4.39 Å². The molecule has 2 atom stereocenters. The number of nitrogens with zero attached hydrogens (tertiary/aromatic N) is 1. The molecule has 1 aliphatic rings. The number of hydrogen-bond donors (Lipinski definition) is 0. The van der Waals surface area contributed by atoms with Crippen molar-refractivity contribution in [1.82, 2.24) is 4.90 Å². The van der Waals surface area contributed by atoms with E-state index in [1.165, 1.54) is 12.1 Å². The first-order valence-electron chi connectivity index (χ1n) is 7.99. The minimum absolute atomic E-state index is 0.00895. The number of ether oxygens (including phenoxy) is 2. The van der Waals surface area contributed by atoms with Crippen LogP contribution >= 0.6 is 0 Å². The summed E-state index contributed by atoms with van der Waals surface area (Å²) in [6.07, 6.45) is 0.0811. The lowest BCUT2D eigenvalue weighted by Crippen LogP contribution is -2.48. The van der Waals surface area contributed by atoms with Gasteiger partial charge in [0.2, 0.25) is 0 Å². The monoisotopic (exact) mass is 329 g/mol. The van der Waals surface area contributed by atoms with Gasteiger partial charge in [-0.15, -0.1) is 0 Å². The first-order chi connectivity index (χ1) is 11.5. The molecule has 0 saturated carbocycles. The maximum atomic E-state index is 12.9. The van der Waals surface area contributed by atoms with E-state index in [1.807, 2.05) is 18.7 Å². The fourth-order valence-electron chi connectivity index (χ4n) is 2.83. The Labute approximate surface area is 140 Å². The van der Waals surface area contributed by atoms with Gasteiger partial charge in [0, 0.05) is 18.7 Å². The minimum atomic E-state index is -0.308. The second-order valence-electron chi connectivity index (χ2n) is 6.05. The van der Waals surface area contributed by atoms with E-state index in [0.29, 0.717) is 30.2 Å². The van der Waals surface area contributed by atoms with Crippen molar-refractivity contribution in [1.29, 1.82) is 0 Å². The van der Waals surface area contributed by atoms with E-state index in [-0.39, 0.29) is 23.9 Å². The largest absolute Gasteiger partial charge is 0.457 e. The van der Waals surface area contributed by atoms with Crippen molar-refractivity contribution in [3.63, 3.8) is 0 Å². The van der Waals surface area contributed by atoms with E-state index in [1.54, 1.807) is 36.4 Å².